The molecule has 0 fully saturated rings. The van der Waals surface area contributed by atoms with Gasteiger partial charge < -0.3 is 15.9 Å². The van der Waals surface area contributed by atoms with Crippen LogP contribution in [0.15, 0.2) is 12.3 Å². The van der Waals surface area contributed by atoms with Crippen LogP contribution in [-0.4, -0.2) is 34.5 Å². The molecule has 2 rings (SSSR count). The first-order chi connectivity index (χ1) is 9.00. The molecule has 0 saturated heterocycles. The number of fused-ring (bicyclic) bond motifs is 1. The fraction of sp³-hybridized carbons (Fsp3) is 0.273. The fourth-order valence-corrected chi connectivity index (χ4v) is 1.53. The van der Waals surface area contributed by atoms with Crippen LogP contribution in [0.25, 0.3) is 5.65 Å². The Hall–Kier alpha value is -2.13. The maximum Gasteiger partial charge on any atom is 0.261 e. The molecule has 0 radical (unpaired) electrons. The van der Waals surface area contributed by atoms with Crippen LogP contribution >= 0.6 is 0 Å². The third-order valence-corrected chi connectivity index (χ3v) is 2.51. The molecule has 2 heterocycles. The van der Waals surface area contributed by atoms with Crippen LogP contribution in [0.1, 0.15) is 21.7 Å². The van der Waals surface area contributed by atoms with Crippen molar-refractivity contribution in [3.05, 3.63) is 29.2 Å². The number of nitrogens with zero attached hydrogens (tertiary/aromatic N) is 2. The van der Waals surface area contributed by atoms with Crippen molar-refractivity contribution in [2.45, 2.75) is 13.8 Å². The molecule has 0 bridgehead atoms. The zero-order chi connectivity index (χ0) is 15.7. The first-order valence-corrected chi connectivity index (χ1v) is 7.32. The molecule has 0 saturated carbocycles. The first-order valence-electron chi connectivity index (χ1n) is 5.47. The number of nitrogen functional groups attached to an aromatic ring is 1. The lowest BCUT2D eigenvalue weighted by Crippen LogP contribution is -2.12. The summed E-state index contributed by atoms with van der Waals surface area (Å²) in [5.74, 6) is -0.491. The third-order valence-electron chi connectivity index (χ3n) is 2.51. The second-order valence-electron chi connectivity index (χ2n) is 4.26. The van der Waals surface area contributed by atoms with E-state index in [0.29, 0.717) is 23.2 Å². The molecule has 2 aromatic heterocycles. The minimum Gasteiger partial charge on any atom is -0.396 e. The Labute approximate surface area is 116 Å². The Balaban J connectivity index is 0.000000347. The minimum absolute atomic E-state index is 0.389. The Morgan fingerprint density at radius 1 is 1.40 bits per heavy atom. The van der Waals surface area contributed by atoms with Crippen molar-refractivity contribution in [1.29, 1.82) is 0 Å². The van der Waals surface area contributed by atoms with Gasteiger partial charge in [-0.2, -0.15) is 8.42 Å². The number of imidazole rings is 1. The smallest absolute Gasteiger partial charge is 0.261 e. The van der Waals surface area contributed by atoms with Gasteiger partial charge in [-0.3, -0.25) is 9.35 Å². The average molecular weight is 300 g/mol. The van der Waals surface area contributed by atoms with Gasteiger partial charge in [0.25, 0.3) is 10.1 Å². The van der Waals surface area contributed by atoms with Crippen LogP contribution in [0, 0.1) is 13.8 Å². The van der Waals surface area contributed by atoms with E-state index in [1.165, 1.54) is 0 Å². The largest absolute Gasteiger partial charge is 0.396 e. The van der Waals surface area contributed by atoms with Gasteiger partial charge in [0.05, 0.1) is 23.2 Å². The van der Waals surface area contributed by atoms with Crippen LogP contribution in [0.2, 0.25) is 0 Å². The molecular formula is C11H16N4O4S. The molecule has 20 heavy (non-hydrogen) atoms. The number of amides is 1. The molecule has 0 aliphatic rings. The topological polar surface area (TPSA) is 141 Å². The van der Waals surface area contributed by atoms with E-state index in [-0.39, 0.29) is 0 Å². The van der Waals surface area contributed by atoms with Crippen molar-refractivity contribution in [1.82, 2.24) is 9.38 Å². The van der Waals surface area contributed by atoms with Gasteiger partial charge in [-0.1, -0.05) is 0 Å². The number of pyridine rings is 1. The summed E-state index contributed by atoms with van der Waals surface area (Å²) >= 11 is 0. The van der Waals surface area contributed by atoms with E-state index in [2.05, 4.69) is 4.98 Å². The molecule has 1 amide bonds. The molecule has 5 N–H and O–H groups in total. The van der Waals surface area contributed by atoms with Crippen molar-refractivity contribution in [3.63, 3.8) is 0 Å². The molecule has 0 spiro atoms. The second-order valence-corrected chi connectivity index (χ2v) is 5.72. The van der Waals surface area contributed by atoms with Crippen LogP contribution in [0.4, 0.5) is 5.69 Å². The number of aromatic nitrogens is 2. The summed E-state index contributed by atoms with van der Waals surface area (Å²) in [6.07, 6.45) is 2.37. The number of hydrogen-bond donors (Lipinski definition) is 3. The van der Waals surface area contributed by atoms with E-state index in [1.807, 2.05) is 13.8 Å². The molecule has 0 aliphatic carbocycles. The summed E-state index contributed by atoms with van der Waals surface area (Å²) in [7, 11) is -3.67. The number of hydrogen-bond acceptors (Lipinski definition) is 5. The molecule has 9 heteroatoms. The molecule has 2 aromatic rings. The Morgan fingerprint density at radius 2 is 1.90 bits per heavy atom. The molecular weight excluding hydrogens is 284 g/mol. The first kappa shape index (κ1) is 15.9. The summed E-state index contributed by atoms with van der Waals surface area (Å²) in [4.78, 5) is 15.3. The van der Waals surface area contributed by atoms with E-state index in [1.54, 1.807) is 16.7 Å². The van der Waals surface area contributed by atoms with Crippen LogP contribution in [0.5, 0.6) is 0 Å². The molecule has 0 atom stereocenters. The number of rotatable bonds is 1. The van der Waals surface area contributed by atoms with Crippen molar-refractivity contribution in [2.75, 3.05) is 12.0 Å². The fourth-order valence-electron chi connectivity index (χ4n) is 1.53. The van der Waals surface area contributed by atoms with Crippen molar-refractivity contribution >= 4 is 27.4 Å². The van der Waals surface area contributed by atoms with E-state index in [9.17, 15) is 13.2 Å². The average Bonchev–Trinajstić information content (AvgIpc) is 2.54. The number of carbonyl (C=O) groups is 1. The van der Waals surface area contributed by atoms with Gasteiger partial charge in [0.2, 0.25) is 5.91 Å². The SMILES string of the molecule is CS(=O)(=O)O.Cc1nc2c(N)cc(C(N)=O)cn2c1C. The van der Waals surface area contributed by atoms with Crippen LogP contribution < -0.4 is 11.5 Å². The number of nitrogens with two attached hydrogens (primary N) is 2. The van der Waals surface area contributed by atoms with E-state index in [0.717, 1.165) is 11.4 Å². The predicted molar refractivity (Wildman–Crippen MR) is 75.1 cm³/mol. The molecule has 0 aliphatic heterocycles. The van der Waals surface area contributed by atoms with Gasteiger partial charge in [0, 0.05) is 11.9 Å². The quantitative estimate of drug-likeness (QED) is 0.639. The molecule has 110 valence electrons. The molecule has 0 unspecified atom stereocenters. The number of aryl methyl sites for hydroxylation is 2. The maximum atomic E-state index is 11.0. The second kappa shape index (κ2) is 5.47. The number of primary amides is 1. The lowest BCUT2D eigenvalue weighted by molar-refractivity contribution is 0.1000. The highest BCUT2D eigenvalue weighted by atomic mass is 32.2. The van der Waals surface area contributed by atoms with Gasteiger partial charge in [-0.05, 0) is 19.9 Å². The highest BCUT2D eigenvalue weighted by Gasteiger charge is 2.10. The van der Waals surface area contributed by atoms with Crippen molar-refractivity contribution in [2.24, 2.45) is 5.73 Å². The van der Waals surface area contributed by atoms with Gasteiger partial charge >= 0.3 is 0 Å². The van der Waals surface area contributed by atoms with Gasteiger partial charge in [-0.15, -0.1) is 0 Å². The maximum absolute atomic E-state index is 11.0. The molecule has 0 aromatic carbocycles. The highest BCUT2D eigenvalue weighted by molar-refractivity contribution is 7.85. The third kappa shape index (κ3) is 3.93. The van der Waals surface area contributed by atoms with Gasteiger partial charge in [0.1, 0.15) is 0 Å². The Bertz CT molecular complexity index is 756. The zero-order valence-corrected chi connectivity index (χ0v) is 12.1. The normalized spacial score (nSPS) is 11.0. The van der Waals surface area contributed by atoms with Crippen molar-refractivity contribution in [3.8, 4) is 0 Å². The Kier molecular flexibility index (Phi) is 4.36. The summed E-state index contributed by atoms with van der Waals surface area (Å²) in [6, 6.07) is 1.55. The van der Waals surface area contributed by atoms with Crippen LogP contribution in [0.3, 0.4) is 0 Å². The molecule has 8 nitrogen and oxygen atoms in total. The summed E-state index contributed by atoms with van der Waals surface area (Å²) in [5.41, 5.74) is 14.4. The standard InChI is InChI=1S/C10H12N4O.CH4O3S/c1-5-6(2)14-4-7(9(12)15)3-8(11)10(14)13-5;1-5(2,3)4/h3-4H,11H2,1-2H3,(H2,12,15);1H3,(H,2,3,4). The van der Waals surface area contributed by atoms with Gasteiger partial charge in [0.15, 0.2) is 5.65 Å². The van der Waals surface area contributed by atoms with Crippen molar-refractivity contribution < 1.29 is 17.8 Å². The van der Waals surface area contributed by atoms with E-state index in [4.69, 9.17) is 16.0 Å². The predicted octanol–water partition coefficient (Wildman–Crippen LogP) is 0.136. The number of anilines is 1. The summed E-state index contributed by atoms with van der Waals surface area (Å²) in [5, 5.41) is 0. The summed E-state index contributed by atoms with van der Waals surface area (Å²) in [6.45, 7) is 3.81. The Morgan fingerprint density at radius 3 is 2.35 bits per heavy atom. The zero-order valence-electron chi connectivity index (χ0n) is 11.3. The monoisotopic (exact) mass is 300 g/mol. The number of carbonyl (C=O) groups excluding carboxylic acids is 1. The van der Waals surface area contributed by atoms with E-state index >= 15 is 0 Å². The lowest BCUT2D eigenvalue weighted by Gasteiger charge is -2.02. The highest BCUT2D eigenvalue weighted by Crippen LogP contribution is 2.18. The lowest BCUT2D eigenvalue weighted by atomic mass is 10.2. The summed E-state index contributed by atoms with van der Waals surface area (Å²) < 4.78 is 27.7. The minimum atomic E-state index is -3.67. The van der Waals surface area contributed by atoms with Crippen LogP contribution in [-0.2, 0) is 10.1 Å². The van der Waals surface area contributed by atoms with E-state index < -0.39 is 16.0 Å². The van der Waals surface area contributed by atoms with Gasteiger partial charge in [-0.25, -0.2) is 4.98 Å².